The van der Waals surface area contributed by atoms with E-state index in [9.17, 15) is 32.3 Å². The molecule has 4 amide bonds. The van der Waals surface area contributed by atoms with Crippen molar-refractivity contribution < 1.29 is 41.5 Å². The van der Waals surface area contributed by atoms with Gasteiger partial charge in [-0.3, -0.25) is 29.4 Å². The van der Waals surface area contributed by atoms with Gasteiger partial charge in [0.05, 0.1) is 18.3 Å². The quantitative estimate of drug-likeness (QED) is 0.157. The molecule has 3 saturated heterocycles. The molecule has 1 atom stereocenters. The van der Waals surface area contributed by atoms with Crippen molar-refractivity contribution in [3.63, 3.8) is 0 Å². The number of piperidine rings is 3. The molecule has 56 heavy (non-hydrogen) atoms. The normalized spacial score (nSPS) is 20.4. The number of benzene rings is 1. The van der Waals surface area contributed by atoms with Crippen molar-refractivity contribution in [2.45, 2.75) is 82.2 Å². The van der Waals surface area contributed by atoms with Gasteiger partial charge in [-0.1, -0.05) is 30.3 Å². The number of pyridine rings is 2. The van der Waals surface area contributed by atoms with E-state index in [1.54, 1.807) is 28.8 Å². The van der Waals surface area contributed by atoms with E-state index in [-0.39, 0.29) is 53.6 Å². The third-order valence-corrected chi connectivity index (χ3v) is 10.8. The summed E-state index contributed by atoms with van der Waals surface area (Å²) in [7, 11) is 0. The van der Waals surface area contributed by atoms with E-state index in [2.05, 4.69) is 20.5 Å². The van der Waals surface area contributed by atoms with Crippen LogP contribution in [0.1, 0.15) is 97.2 Å². The van der Waals surface area contributed by atoms with Crippen LogP contribution >= 0.6 is 0 Å². The molecule has 3 aliphatic heterocycles. The number of aromatic nitrogens is 3. The second-order valence-corrected chi connectivity index (χ2v) is 15.0. The van der Waals surface area contributed by atoms with Gasteiger partial charge in [-0.2, -0.15) is 13.2 Å². The number of likely N-dealkylation sites (tertiary alicyclic amines) is 2. The zero-order chi connectivity index (χ0) is 39.8. The van der Waals surface area contributed by atoms with Crippen LogP contribution in [0.15, 0.2) is 60.9 Å². The molecule has 12 nitrogen and oxygen atoms in total. The Labute approximate surface area is 320 Å². The second kappa shape index (κ2) is 15.6. The van der Waals surface area contributed by atoms with Crippen molar-refractivity contribution in [1.82, 2.24) is 29.5 Å². The van der Waals surface area contributed by atoms with E-state index in [4.69, 9.17) is 9.72 Å². The highest BCUT2D eigenvalue weighted by atomic mass is 19.4. The van der Waals surface area contributed by atoms with E-state index < -0.39 is 35.3 Å². The lowest BCUT2D eigenvalue weighted by molar-refractivity contribution is -0.144. The fourth-order valence-electron chi connectivity index (χ4n) is 7.71. The number of nitrogens with zero attached hydrogens (tertiary/aromatic N) is 5. The van der Waals surface area contributed by atoms with Crippen molar-refractivity contribution in [3.05, 3.63) is 89.1 Å². The van der Waals surface area contributed by atoms with Gasteiger partial charge in [0, 0.05) is 50.3 Å². The lowest BCUT2D eigenvalue weighted by Crippen LogP contribution is -2.49. The number of imidazole rings is 1. The Morgan fingerprint density at radius 3 is 2.32 bits per heavy atom. The summed E-state index contributed by atoms with van der Waals surface area (Å²) in [6.45, 7) is 6.60. The fraction of sp³-hybridized carbons (Fsp3) is 0.450. The van der Waals surface area contributed by atoms with Gasteiger partial charge in [0.1, 0.15) is 28.5 Å². The average Bonchev–Trinajstić information content (AvgIpc) is 3.59. The van der Waals surface area contributed by atoms with Crippen LogP contribution < -0.4 is 15.4 Å². The predicted octanol–water partition coefficient (Wildman–Crippen LogP) is 5.97. The molecule has 4 aromatic rings. The molecular weight excluding hydrogens is 734 g/mol. The number of nitrogens with one attached hydrogen (secondary N) is 2. The molecule has 1 aromatic carbocycles. The third-order valence-electron chi connectivity index (χ3n) is 10.8. The van der Waals surface area contributed by atoms with Crippen molar-refractivity contribution in [3.8, 4) is 5.75 Å². The van der Waals surface area contributed by atoms with E-state index in [1.165, 1.54) is 6.07 Å². The molecule has 6 heterocycles. The number of ether oxygens (including phenoxy) is 1. The molecule has 0 bridgehead atoms. The molecule has 3 aromatic heterocycles. The Kier molecular flexibility index (Phi) is 10.9. The molecule has 3 aliphatic rings. The first kappa shape index (κ1) is 38.9. The number of amides is 4. The maximum Gasteiger partial charge on any atom is 0.433 e. The van der Waals surface area contributed by atoms with Gasteiger partial charge >= 0.3 is 6.18 Å². The molecule has 0 aliphatic carbocycles. The van der Waals surface area contributed by atoms with Gasteiger partial charge < -0.3 is 19.4 Å². The van der Waals surface area contributed by atoms with E-state index in [0.717, 1.165) is 49.1 Å². The number of hydrogen-bond acceptors (Lipinski definition) is 8. The molecule has 16 heteroatoms. The Morgan fingerprint density at radius 1 is 0.964 bits per heavy atom. The highest BCUT2D eigenvalue weighted by Crippen LogP contribution is 2.37. The Balaban J connectivity index is 0.923. The van der Waals surface area contributed by atoms with Gasteiger partial charge in [-0.15, -0.1) is 0 Å². The summed E-state index contributed by atoms with van der Waals surface area (Å²) in [5.74, 6) is -1.46. The molecule has 0 spiro atoms. The smallest absolute Gasteiger partial charge is 0.433 e. The number of rotatable bonds is 9. The van der Waals surface area contributed by atoms with Crippen molar-refractivity contribution >= 4 is 35.0 Å². The molecular formula is C40H43F4N7O5. The SMILES string of the molecule is CC(C)Oc1cc2nc(C3CCN(CC(=O)N4CCC(c5ccc(C6(F)CCC(=O)NC6=O)cc5)CC4)CC3)cn2cc1NC(=O)c1cccc(C(F)(F)F)n1. The minimum atomic E-state index is -4.69. The van der Waals surface area contributed by atoms with Gasteiger partial charge in [0.15, 0.2) is 0 Å². The number of carbonyl (C=O) groups is 4. The van der Waals surface area contributed by atoms with Crippen molar-refractivity contribution in [2.75, 3.05) is 38.0 Å². The van der Waals surface area contributed by atoms with Crippen LogP contribution in [0.25, 0.3) is 5.65 Å². The molecule has 7 rings (SSSR count). The zero-order valence-corrected chi connectivity index (χ0v) is 31.1. The summed E-state index contributed by atoms with van der Waals surface area (Å²) >= 11 is 0. The number of imide groups is 1. The number of anilines is 1. The maximum absolute atomic E-state index is 15.4. The number of halogens is 4. The summed E-state index contributed by atoms with van der Waals surface area (Å²) < 4.78 is 62.8. The van der Waals surface area contributed by atoms with Gasteiger partial charge in [0.25, 0.3) is 11.8 Å². The summed E-state index contributed by atoms with van der Waals surface area (Å²) in [5, 5.41) is 4.74. The van der Waals surface area contributed by atoms with Crippen LogP contribution in [0.5, 0.6) is 5.75 Å². The van der Waals surface area contributed by atoms with Gasteiger partial charge in [-0.05, 0) is 81.8 Å². The van der Waals surface area contributed by atoms with Crippen LogP contribution in [0.2, 0.25) is 0 Å². The minimum Gasteiger partial charge on any atom is -0.489 e. The molecule has 296 valence electrons. The minimum absolute atomic E-state index is 0.0460. The first-order valence-electron chi connectivity index (χ1n) is 18.8. The number of hydrogen-bond donors (Lipinski definition) is 2. The summed E-state index contributed by atoms with van der Waals surface area (Å²) in [4.78, 5) is 62.4. The third kappa shape index (κ3) is 8.39. The van der Waals surface area contributed by atoms with Crippen LogP contribution in [0.4, 0.5) is 23.2 Å². The summed E-state index contributed by atoms with van der Waals surface area (Å²) in [6.07, 6.45) is 1.44. The zero-order valence-electron chi connectivity index (χ0n) is 31.1. The Morgan fingerprint density at radius 2 is 1.66 bits per heavy atom. The monoisotopic (exact) mass is 777 g/mol. The van der Waals surface area contributed by atoms with E-state index in [0.29, 0.717) is 44.1 Å². The van der Waals surface area contributed by atoms with Crippen LogP contribution in [0, 0.1) is 0 Å². The largest absolute Gasteiger partial charge is 0.489 e. The molecule has 3 fully saturated rings. The average molecular weight is 778 g/mol. The highest BCUT2D eigenvalue weighted by molar-refractivity contribution is 6.04. The standard InChI is InChI=1S/C40H43F4N7O5/c1-24(2)56-32-20-34-46-30(21-51(34)22-31(32)47-37(54)29-4-3-5-33(45-29)40(42,43)44)27-11-16-49(17-12-27)23-36(53)50-18-13-26(14-19-50)25-6-8-28(9-7-25)39(41)15-10-35(52)48-38(39)55/h3-9,20-22,24,26-27H,10-19,23H2,1-2H3,(H,47,54)(H,48,52,55). The van der Waals surface area contributed by atoms with Crippen molar-refractivity contribution in [1.29, 1.82) is 0 Å². The topological polar surface area (TPSA) is 138 Å². The molecule has 1 unspecified atom stereocenters. The lowest BCUT2D eigenvalue weighted by atomic mass is 9.84. The number of fused-ring (bicyclic) bond motifs is 1. The van der Waals surface area contributed by atoms with Crippen LogP contribution in [0.3, 0.4) is 0 Å². The van der Waals surface area contributed by atoms with E-state index >= 15 is 4.39 Å². The molecule has 0 radical (unpaired) electrons. The Bertz CT molecular complexity index is 2120. The number of carbonyl (C=O) groups excluding carboxylic acids is 4. The second-order valence-electron chi connectivity index (χ2n) is 15.0. The Hall–Kier alpha value is -5.38. The lowest BCUT2D eigenvalue weighted by Gasteiger charge is -2.36. The fourth-order valence-corrected chi connectivity index (χ4v) is 7.71. The maximum atomic E-state index is 15.4. The number of alkyl halides is 4. The first-order valence-corrected chi connectivity index (χ1v) is 18.8. The van der Waals surface area contributed by atoms with E-state index in [1.807, 2.05) is 37.1 Å². The van der Waals surface area contributed by atoms with Crippen LogP contribution in [-0.2, 0) is 26.2 Å². The van der Waals surface area contributed by atoms with Gasteiger partial charge in [0.2, 0.25) is 17.5 Å². The molecule has 0 saturated carbocycles. The first-order chi connectivity index (χ1) is 26.7. The highest BCUT2D eigenvalue weighted by Gasteiger charge is 2.45. The van der Waals surface area contributed by atoms with Gasteiger partial charge in [-0.25, -0.2) is 14.4 Å². The summed E-state index contributed by atoms with van der Waals surface area (Å²) in [6, 6.07) is 11.8. The predicted molar refractivity (Wildman–Crippen MR) is 197 cm³/mol. The summed E-state index contributed by atoms with van der Waals surface area (Å²) in [5.41, 5.74) is -0.804. The molecule has 2 N–H and O–H groups in total. The van der Waals surface area contributed by atoms with Crippen LogP contribution in [-0.4, -0.2) is 86.6 Å². The van der Waals surface area contributed by atoms with Crippen molar-refractivity contribution in [2.24, 2.45) is 0 Å².